The number of halogens is 1. The van der Waals surface area contributed by atoms with E-state index in [1.54, 1.807) is 24.3 Å². The molecule has 1 atom stereocenters. The predicted octanol–water partition coefficient (Wildman–Crippen LogP) is 2.21. The lowest BCUT2D eigenvalue weighted by atomic mass is 10.1. The summed E-state index contributed by atoms with van der Waals surface area (Å²) in [6.45, 7) is 1.30. The van der Waals surface area contributed by atoms with Crippen LogP contribution in [0, 0.1) is 0 Å². The van der Waals surface area contributed by atoms with Crippen molar-refractivity contribution in [2.75, 3.05) is 24.6 Å². The average Bonchev–Trinajstić information content (AvgIpc) is 2.96. The number of hydrogen-bond donors (Lipinski definition) is 1. The molecule has 0 bridgehead atoms. The van der Waals surface area contributed by atoms with Crippen molar-refractivity contribution in [3.8, 4) is 0 Å². The van der Waals surface area contributed by atoms with E-state index < -0.39 is 0 Å². The molecule has 0 saturated carbocycles. The van der Waals surface area contributed by atoms with Crippen molar-refractivity contribution in [1.82, 2.24) is 4.90 Å². The lowest BCUT2D eigenvalue weighted by Crippen LogP contribution is -2.40. The fourth-order valence-corrected chi connectivity index (χ4v) is 3.36. The molecule has 1 fully saturated rings. The minimum Gasteiger partial charge on any atom is -0.338 e. The molecule has 1 aromatic carbocycles. The summed E-state index contributed by atoms with van der Waals surface area (Å²) in [7, 11) is 0. The third kappa shape index (κ3) is 4.46. The lowest BCUT2D eigenvalue weighted by molar-refractivity contribution is -0.128. The number of ketones is 1. The number of nitrogens with two attached hydrogens (primary N) is 1. The van der Waals surface area contributed by atoms with Crippen LogP contribution in [0.2, 0.25) is 5.02 Å². The van der Waals surface area contributed by atoms with Gasteiger partial charge in [0.15, 0.2) is 5.78 Å². The zero-order valence-corrected chi connectivity index (χ0v) is 13.3. The summed E-state index contributed by atoms with van der Waals surface area (Å²) < 4.78 is 0. The second kappa shape index (κ2) is 7.82. The van der Waals surface area contributed by atoms with Gasteiger partial charge in [0.1, 0.15) is 0 Å². The summed E-state index contributed by atoms with van der Waals surface area (Å²) in [5, 5.41) is 0.608. The Kier molecular flexibility index (Phi) is 6.08. The van der Waals surface area contributed by atoms with Crippen LogP contribution in [-0.2, 0) is 4.79 Å². The van der Waals surface area contributed by atoms with E-state index in [-0.39, 0.29) is 17.7 Å². The number of Topliss-reactive ketones (excluding diaryl/α,β-unsaturated/α-hetero) is 1. The highest BCUT2D eigenvalue weighted by Crippen LogP contribution is 2.18. The zero-order valence-electron chi connectivity index (χ0n) is 11.8. The number of carbonyl (C=O) groups is 2. The van der Waals surface area contributed by atoms with Crippen LogP contribution in [0.3, 0.4) is 0 Å². The number of thioether (sulfide) groups is 1. The molecule has 1 saturated heterocycles. The summed E-state index contributed by atoms with van der Waals surface area (Å²) in [6.07, 6.45) is 2.00. The van der Waals surface area contributed by atoms with Gasteiger partial charge < -0.3 is 10.6 Å². The fourth-order valence-electron chi connectivity index (χ4n) is 2.44. The minimum atomic E-state index is 0.0151. The quantitative estimate of drug-likeness (QED) is 0.814. The van der Waals surface area contributed by atoms with Gasteiger partial charge in [-0.25, -0.2) is 0 Å². The summed E-state index contributed by atoms with van der Waals surface area (Å²) >= 11 is 7.14. The molecular weight excluding hydrogens is 308 g/mol. The van der Waals surface area contributed by atoms with Crippen molar-refractivity contribution in [3.63, 3.8) is 0 Å². The summed E-state index contributed by atoms with van der Waals surface area (Å²) in [5.41, 5.74) is 6.29. The number of nitrogens with zero attached hydrogens (tertiary/aromatic N) is 1. The number of rotatable bonds is 6. The Morgan fingerprint density at radius 3 is 2.67 bits per heavy atom. The third-order valence-electron chi connectivity index (χ3n) is 3.59. The number of hydrogen-bond acceptors (Lipinski definition) is 4. The van der Waals surface area contributed by atoms with Gasteiger partial charge in [-0.3, -0.25) is 9.59 Å². The van der Waals surface area contributed by atoms with E-state index in [4.69, 9.17) is 17.3 Å². The second-order valence-electron chi connectivity index (χ2n) is 5.04. The van der Waals surface area contributed by atoms with Crippen molar-refractivity contribution >= 4 is 35.1 Å². The van der Waals surface area contributed by atoms with Gasteiger partial charge in [0, 0.05) is 29.7 Å². The van der Waals surface area contributed by atoms with Gasteiger partial charge in [-0.05, 0) is 37.1 Å². The SMILES string of the molecule is NCC1CCCN1C(=O)CSCC(=O)c1ccc(Cl)cc1. The van der Waals surface area contributed by atoms with Crippen LogP contribution < -0.4 is 5.73 Å². The zero-order chi connectivity index (χ0) is 15.2. The Hall–Kier alpha value is -1.04. The molecule has 6 heteroatoms. The number of carbonyl (C=O) groups excluding carboxylic acids is 2. The molecule has 2 rings (SSSR count). The second-order valence-corrected chi connectivity index (χ2v) is 6.46. The Balaban J connectivity index is 1.77. The molecule has 0 spiro atoms. The first-order valence-corrected chi connectivity index (χ1v) is 8.51. The Morgan fingerprint density at radius 2 is 2.00 bits per heavy atom. The monoisotopic (exact) mass is 326 g/mol. The smallest absolute Gasteiger partial charge is 0.232 e. The van der Waals surface area contributed by atoms with Crippen molar-refractivity contribution in [1.29, 1.82) is 0 Å². The molecule has 1 aliphatic heterocycles. The highest BCUT2D eigenvalue weighted by Gasteiger charge is 2.27. The van der Waals surface area contributed by atoms with Crippen LogP contribution in [0.15, 0.2) is 24.3 Å². The Morgan fingerprint density at radius 1 is 1.29 bits per heavy atom. The van der Waals surface area contributed by atoms with Gasteiger partial charge in [-0.2, -0.15) is 0 Å². The van der Waals surface area contributed by atoms with E-state index in [2.05, 4.69) is 0 Å². The van der Waals surface area contributed by atoms with Crippen molar-refractivity contribution in [2.24, 2.45) is 5.73 Å². The van der Waals surface area contributed by atoms with E-state index >= 15 is 0 Å². The Labute approximate surface area is 134 Å². The maximum Gasteiger partial charge on any atom is 0.232 e. The van der Waals surface area contributed by atoms with Crippen LogP contribution in [0.4, 0.5) is 0 Å². The van der Waals surface area contributed by atoms with Crippen molar-refractivity contribution in [2.45, 2.75) is 18.9 Å². The van der Waals surface area contributed by atoms with Gasteiger partial charge in [0.25, 0.3) is 0 Å². The Bertz CT molecular complexity index is 507. The van der Waals surface area contributed by atoms with Crippen LogP contribution in [-0.4, -0.2) is 47.2 Å². The van der Waals surface area contributed by atoms with E-state index in [0.29, 0.717) is 28.6 Å². The van der Waals surface area contributed by atoms with E-state index in [9.17, 15) is 9.59 Å². The van der Waals surface area contributed by atoms with Crippen LogP contribution in [0.25, 0.3) is 0 Å². The first-order chi connectivity index (χ1) is 10.1. The largest absolute Gasteiger partial charge is 0.338 e. The van der Waals surface area contributed by atoms with Crippen molar-refractivity contribution < 1.29 is 9.59 Å². The van der Waals surface area contributed by atoms with Gasteiger partial charge in [0.2, 0.25) is 5.91 Å². The minimum absolute atomic E-state index is 0.0151. The molecule has 0 aliphatic carbocycles. The standard InChI is InChI=1S/C15H19ClN2O2S/c16-12-5-3-11(4-6-12)14(19)9-21-10-15(20)18-7-1-2-13(18)8-17/h3-6,13H,1-2,7-10,17H2. The topological polar surface area (TPSA) is 63.4 Å². The van der Waals surface area contributed by atoms with Crippen LogP contribution in [0.1, 0.15) is 23.2 Å². The molecule has 1 aliphatic rings. The van der Waals surface area contributed by atoms with Crippen LogP contribution >= 0.6 is 23.4 Å². The van der Waals surface area contributed by atoms with Gasteiger partial charge in [-0.15, -0.1) is 11.8 Å². The summed E-state index contributed by atoms with van der Waals surface area (Å²) in [4.78, 5) is 25.9. The van der Waals surface area contributed by atoms with E-state index in [1.165, 1.54) is 11.8 Å². The molecule has 0 radical (unpaired) electrons. The first-order valence-electron chi connectivity index (χ1n) is 6.98. The highest BCUT2D eigenvalue weighted by molar-refractivity contribution is 8.00. The number of likely N-dealkylation sites (tertiary alicyclic amines) is 1. The van der Waals surface area contributed by atoms with Crippen LogP contribution in [0.5, 0.6) is 0 Å². The molecule has 21 heavy (non-hydrogen) atoms. The predicted molar refractivity (Wildman–Crippen MR) is 86.9 cm³/mol. The van der Waals surface area contributed by atoms with Gasteiger partial charge in [-0.1, -0.05) is 11.6 Å². The first kappa shape index (κ1) is 16.3. The van der Waals surface area contributed by atoms with Crippen molar-refractivity contribution in [3.05, 3.63) is 34.9 Å². The molecule has 1 amide bonds. The third-order valence-corrected chi connectivity index (χ3v) is 4.76. The molecule has 1 heterocycles. The molecule has 0 aromatic heterocycles. The van der Waals surface area contributed by atoms with Gasteiger partial charge >= 0.3 is 0 Å². The molecule has 2 N–H and O–H groups in total. The summed E-state index contributed by atoms with van der Waals surface area (Å²) in [5.74, 6) is 0.725. The van der Waals surface area contributed by atoms with E-state index in [1.807, 2.05) is 4.90 Å². The number of amides is 1. The molecule has 4 nitrogen and oxygen atoms in total. The summed E-state index contributed by atoms with van der Waals surface area (Å²) in [6, 6.07) is 6.97. The fraction of sp³-hybridized carbons (Fsp3) is 0.467. The normalized spacial score (nSPS) is 18.0. The molecule has 1 aromatic rings. The molecular formula is C15H19ClN2O2S. The highest BCUT2D eigenvalue weighted by atomic mass is 35.5. The number of benzene rings is 1. The maximum absolute atomic E-state index is 12.1. The van der Waals surface area contributed by atoms with E-state index in [0.717, 1.165) is 19.4 Å². The van der Waals surface area contributed by atoms with Gasteiger partial charge in [0.05, 0.1) is 11.5 Å². The molecule has 114 valence electrons. The maximum atomic E-state index is 12.1. The molecule has 1 unspecified atom stereocenters. The lowest BCUT2D eigenvalue weighted by Gasteiger charge is -2.23. The average molecular weight is 327 g/mol.